The fourth-order valence-corrected chi connectivity index (χ4v) is 2.17. The van der Waals surface area contributed by atoms with Gasteiger partial charge in [-0.25, -0.2) is 9.07 Å². The smallest absolute Gasteiger partial charge is 0.273 e. The van der Waals surface area contributed by atoms with Crippen molar-refractivity contribution in [1.29, 1.82) is 0 Å². The van der Waals surface area contributed by atoms with E-state index in [1.54, 1.807) is 16.8 Å². The summed E-state index contributed by atoms with van der Waals surface area (Å²) in [7, 11) is 1.42. The largest absolute Gasteiger partial charge is 0.494 e. The molecule has 1 aromatic carbocycles. The normalized spacial score (nSPS) is 11.3. The van der Waals surface area contributed by atoms with E-state index in [2.05, 4.69) is 20.4 Å². The highest BCUT2D eigenvalue weighted by atomic mass is 19.1. The predicted octanol–water partition coefficient (Wildman–Crippen LogP) is 2.11. The van der Waals surface area contributed by atoms with Crippen molar-refractivity contribution in [2.45, 2.75) is 13.8 Å². The number of hydrogen-bond acceptors (Lipinski definition) is 5. The van der Waals surface area contributed by atoms with Crippen molar-refractivity contribution in [2.75, 3.05) is 7.11 Å². The zero-order valence-electron chi connectivity index (χ0n) is 12.9. The zero-order valence-corrected chi connectivity index (χ0v) is 12.9. The number of halogens is 1. The van der Waals surface area contributed by atoms with Crippen molar-refractivity contribution in [3.8, 4) is 11.7 Å². The summed E-state index contributed by atoms with van der Waals surface area (Å²) in [6, 6.07) is 6.53. The minimum Gasteiger partial charge on any atom is -0.494 e. The van der Waals surface area contributed by atoms with Crippen LogP contribution in [-0.2, 0) is 0 Å². The molecule has 0 aliphatic carbocycles. The first-order valence-electron chi connectivity index (χ1n) is 6.90. The van der Waals surface area contributed by atoms with Crippen LogP contribution in [0.2, 0.25) is 0 Å². The Morgan fingerprint density at radius 2 is 2.09 bits per heavy atom. The van der Waals surface area contributed by atoms with E-state index in [0.717, 1.165) is 11.4 Å². The number of rotatable bonds is 4. The van der Waals surface area contributed by atoms with E-state index in [9.17, 15) is 4.39 Å². The molecule has 0 bridgehead atoms. The van der Waals surface area contributed by atoms with Crippen molar-refractivity contribution >= 4 is 6.21 Å². The van der Waals surface area contributed by atoms with Crippen LogP contribution >= 0.6 is 0 Å². The van der Waals surface area contributed by atoms with E-state index < -0.39 is 5.82 Å². The average Bonchev–Trinajstić information content (AvgIpc) is 3.11. The molecule has 0 saturated carbocycles. The van der Waals surface area contributed by atoms with Gasteiger partial charge in [0.05, 0.1) is 19.0 Å². The first kappa shape index (κ1) is 14.9. The van der Waals surface area contributed by atoms with Gasteiger partial charge in [-0.1, -0.05) is 0 Å². The lowest BCUT2D eigenvalue weighted by molar-refractivity contribution is 0.386. The van der Waals surface area contributed by atoms with E-state index in [0.29, 0.717) is 11.5 Å². The summed E-state index contributed by atoms with van der Waals surface area (Å²) in [6.07, 6.45) is 2.98. The molecule has 0 spiro atoms. The molecule has 0 aliphatic rings. The number of nitrogens with zero attached hydrogens (tertiary/aromatic N) is 6. The van der Waals surface area contributed by atoms with Gasteiger partial charge in [-0.2, -0.15) is 14.9 Å². The van der Waals surface area contributed by atoms with E-state index in [1.807, 2.05) is 19.9 Å². The van der Waals surface area contributed by atoms with Gasteiger partial charge in [0.25, 0.3) is 5.95 Å². The van der Waals surface area contributed by atoms with Crippen molar-refractivity contribution in [3.05, 3.63) is 53.4 Å². The van der Waals surface area contributed by atoms with Crippen LogP contribution in [-0.4, -0.2) is 38.0 Å². The maximum atomic E-state index is 13.7. The minimum absolute atomic E-state index is 0.190. The third kappa shape index (κ3) is 2.96. The third-order valence-corrected chi connectivity index (χ3v) is 3.22. The molecule has 0 saturated heterocycles. The van der Waals surface area contributed by atoms with E-state index >= 15 is 0 Å². The molecular weight excluding hydrogens is 299 g/mol. The standard InChI is InChI=1S/C15H15FN6O/c1-10-6-11(2)22(20-10)15-19-17-9-21(15)18-8-12-4-5-14(23-3)13(16)7-12/h4-9H,1-3H3/b18-8-. The number of ether oxygens (including phenoxy) is 1. The number of methoxy groups -OCH3 is 1. The Hall–Kier alpha value is -3.03. The second-order valence-electron chi connectivity index (χ2n) is 4.95. The number of aromatic nitrogens is 5. The fourth-order valence-electron chi connectivity index (χ4n) is 2.17. The molecule has 7 nitrogen and oxygen atoms in total. The van der Waals surface area contributed by atoms with Gasteiger partial charge in [-0.05, 0) is 43.7 Å². The molecule has 0 atom stereocenters. The first-order valence-corrected chi connectivity index (χ1v) is 6.90. The molecule has 3 rings (SSSR count). The minimum atomic E-state index is -0.445. The van der Waals surface area contributed by atoms with Gasteiger partial charge < -0.3 is 4.74 Å². The quantitative estimate of drug-likeness (QED) is 0.692. The Labute approximate surface area is 132 Å². The summed E-state index contributed by atoms with van der Waals surface area (Å²) in [6.45, 7) is 3.81. The average molecular weight is 314 g/mol. The SMILES string of the molecule is COc1ccc(/C=N\n2cnnc2-n2nc(C)cc2C)cc1F. The molecular formula is C15H15FN6O. The molecule has 0 fully saturated rings. The topological polar surface area (TPSA) is 70.1 Å². The highest BCUT2D eigenvalue weighted by Crippen LogP contribution is 2.17. The summed E-state index contributed by atoms with van der Waals surface area (Å²) >= 11 is 0. The van der Waals surface area contributed by atoms with Crippen molar-refractivity contribution in [3.63, 3.8) is 0 Å². The van der Waals surface area contributed by atoms with Crippen LogP contribution in [0.4, 0.5) is 4.39 Å². The summed E-state index contributed by atoms with van der Waals surface area (Å²) in [5, 5.41) is 16.5. The van der Waals surface area contributed by atoms with Gasteiger partial charge in [-0.3, -0.25) is 0 Å². The molecule has 2 heterocycles. The fraction of sp³-hybridized carbons (Fsp3) is 0.200. The number of aryl methyl sites for hydroxylation is 2. The van der Waals surface area contributed by atoms with Gasteiger partial charge in [-0.15, -0.1) is 10.2 Å². The van der Waals surface area contributed by atoms with Crippen LogP contribution in [0.25, 0.3) is 5.95 Å². The van der Waals surface area contributed by atoms with Gasteiger partial charge in [0.1, 0.15) is 6.33 Å². The molecule has 0 amide bonds. The lowest BCUT2D eigenvalue weighted by atomic mass is 10.2. The van der Waals surface area contributed by atoms with Crippen molar-refractivity contribution in [1.82, 2.24) is 24.7 Å². The highest BCUT2D eigenvalue weighted by molar-refractivity contribution is 5.79. The zero-order chi connectivity index (χ0) is 16.4. The van der Waals surface area contributed by atoms with E-state index in [-0.39, 0.29) is 5.75 Å². The lowest BCUT2D eigenvalue weighted by Gasteiger charge is -2.03. The van der Waals surface area contributed by atoms with Crippen LogP contribution in [0.1, 0.15) is 17.0 Å². The van der Waals surface area contributed by atoms with Crippen molar-refractivity contribution < 1.29 is 9.13 Å². The second-order valence-corrected chi connectivity index (χ2v) is 4.95. The molecule has 23 heavy (non-hydrogen) atoms. The summed E-state index contributed by atoms with van der Waals surface area (Å²) in [5.74, 6) is 0.203. The molecule has 2 aromatic heterocycles. The summed E-state index contributed by atoms with van der Waals surface area (Å²) in [5.41, 5.74) is 2.39. The summed E-state index contributed by atoms with van der Waals surface area (Å²) < 4.78 is 21.7. The molecule has 118 valence electrons. The molecule has 3 aromatic rings. The van der Waals surface area contributed by atoms with Gasteiger partial charge in [0.2, 0.25) is 0 Å². The Morgan fingerprint density at radius 1 is 1.26 bits per heavy atom. The van der Waals surface area contributed by atoms with Crippen molar-refractivity contribution in [2.24, 2.45) is 5.10 Å². The molecule has 0 N–H and O–H groups in total. The second kappa shape index (κ2) is 5.99. The number of hydrogen-bond donors (Lipinski definition) is 0. The Balaban J connectivity index is 1.91. The summed E-state index contributed by atoms with van der Waals surface area (Å²) in [4.78, 5) is 0. The van der Waals surface area contributed by atoms with Gasteiger partial charge >= 0.3 is 0 Å². The van der Waals surface area contributed by atoms with E-state index in [1.165, 1.54) is 30.4 Å². The maximum absolute atomic E-state index is 13.7. The van der Waals surface area contributed by atoms with Crippen LogP contribution in [0.3, 0.4) is 0 Å². The lowest BCUT2D eigenvalue weighted by Crippen LogP contribution is -2.06. The third-order valence-electron chi connectivity index (χ3n) is 3.22. The Morgan fingerprint density at radius 3 is 2.74 bits per heavy atom. The Kier molecular flexibility index (Phi) is 3.88. The number of benzene rings is 1. The Bertz CT molecular complexity index is 867. The van der Waals surface area contributed by atoms with E-state index in [4.69, 9.17) is 4.74 Å². The van der Waals surface area contributed by atoms with Crippen LogP contribution in [0, 0.1) is 19.7 Å². The monoisotopic (exact) mass is 314 g/mol. The predicted molar refractivity (Wildman–Crippen MR) is 82.6 cm³/mol. The van der Waals surface area contributed by atoms with Crippen LogP contribution < -0.4 is 4.74 Å². The first-order chi connectivity index (χ1) is 11.1. The van der Waals surface area contributed by atoms with Crippen LogP contribution in [0.5, 0.6) is 5.75 Å². The maximum Gasteiger partial charge on any atom is 0.273 e. The molecule has 8 heteroatoms. The highest BCUT2D eigenvalue weighted by Gasteiger charge is 2.10. The van der Waals surface area contributed by atoms with Gasteiger partial charge in [0, 0.05) is 5.69 Å². The van der Waals surface area contributed by atoms with Crippen LogP contribution in [0.15, 0.2) is 35.7 Å². The van der Waals surface area contributed by atoms with Gasteiger partial charge in [0.15, 0.2) is 11.6 Å². The molecule has 0 unspecified atom stereocenters. The molecule has 0 radical (unpaired) electrons. The molecule has 0 aliphatic heterocycles.